The Bertz CT molecular complexity index is 389. The molecular weight excluding hydrogens is 230 g/mol. The second kappa shape index (κ2) is 7.48. The van der Waals surface area contributed by atoms with Crippen molar-refractivity contribution in [3.63, 3.8) is 0 Å². The first-order valence-electron chi connectivity index (χ1n) is 6.05. The summed E-state index contributed by atoms with van der Waals surface area (Å²) in [6, 6.07) is 9.35. The first-order chi connectivity index (χ1) is 8.65. The van der Waals surface area contributed by atoms with Gasteiger partial charge >= 0.3 is 5.97 Å². The van der Waals surface area contributed by atoms with Crippen LogP contribution < -0.4 is 5.32 Å². The van der Waals surface area contributed by atoms with Gasteiger partial charge in [0.1, 0.15) is 0 Å². The highest BCUT2D eigenvalue weighted by molar-refractivity contribution is 5.79. The fourth-order valence-corrected chi connectivity index (χ4v) is 1.64. The van der Waals surface area contributed by atoms with Gasteiger partial charge in [-0.1, -0.05) is 37.3 Å². The number of amides is 1. The molecule has 1 N–H and O–H groups in total. The molecule has 0 aromatic heterocycles. The Hall–Kier alpha value is -1.84. The molecule has 0 saturated carbocycles. The lowest BCUT2D eigenvalue weighted by Gasteiger charge is -2.15. The van der Waals surface area contributed by atoms with Gasteiger partial charge in [0.15, 0.2) is 0 Å². The van der Waals surface area contributed by atoms with E-state index in [1.165, 1.54) is 7.11 Å². The number of nitrogens with one attached hydrogen (secondary N) is 1. The fourth-order valence-electron chi connectivity index (χ4n) is 1.64. The summed E-state index contributed by atoms with van der Waals surface area (Å²) in [6.45, 7) is 1.93. The summed E-state index contributed by atoms with van der Waals surface area (Å²) in [7, 11) is 1.35. The second-order valence-corrected chi connectivity index (χ2v) is 4.12. The van der Waals surface area contributed by atoms with E-state index in [0.717, 1.165) is 5.56 Å². The van der Waals surface area contributed by atoms with Crippen LogP contribution in [0.25, 0.3) is 0 Å². The van der Waals surface area contributed by atoms with E-state index >= 15 is 0 Å². The van der Waals surface area contributed by atoms with Crippen LogP contribution in [0.1, 0.15) is 25.3 Å². The van der Waals surface area contributed by atoms with Crippen LogP contribution >= 0.6 is 0 Å². The van der Waals surface area contributed by atoms with Gasteiger partial charge in [0.25, 0.3) is 0 Å². The van der Waals surface area contributed by atoms with Crippen LogP contribution in [0, 0.1) is 0 Å². The number of carbonyl (C=O) groups is 2. The van der Waals surface area contributed by atoms with Crippen LogP contribution in [0.3, 0.4) is 0 Å². The van der Waals surface area contributed by atoms with Crippen LogP contribution in [0.4, 0.5) is 0 Å². The number of ether oxygens (including phenoxy) is 1. The standard InChI is InChI=1S/C14H19NO3/c1-3-12(10-14(17)18-2)15-13(16)9-11-7-5-4-6-8-11/h4-8,12H,3,9-10H2,1-2H3,(H,15,16). The molecule has 0 bridgehead atoms. The molecule has 4 heteroatoms. The first kappa shape index (κ1) is 14.2. The van der Waals surface area contributed by atoms with Gasteiger partial charge in [0, 0.05) is 6.04 Å². The zero-order valence-electron chi connectivity index (χ0n) is 10.8. The maximum absolute atomic E-state index is 11.8. The van der Waals surface area contributed by atoms with Gasteiger partial charge in [-0.05, 0) is 12.0 Å². The van der Waals surface area contributed by atoms with Gasteiger partial charge in [-0.25, -0.2) is 0 Å². The maximum atomic E-state index is 11.8. The zero-order chi connectivity index (χ0) is 13.4. The smallest absolute Gasteiger partial charge is 0.307 e. The largest absolute Gasteiger partial charge is 0.469 e. The molecule has 98 valence electrons. The van der Waals surface area contributed by atoms with E-state index in [9.17, 15) is 9.59 Å². The molecule has 0 aliphatic rings. The first-order valence-corrected chi connectivity index (χ1v) is 6.05. The van der Waals surface area contributed by atoms with Crippen molar-refractivity contribution < 1.29 is 14.3 Å². The van der Waals surface area contributed by atoms with Crippen molar-refractivity contribution in [1.29, 1.82) is 0 Å². The highest BCUT2D eigenvalue weighted by Crippen LogP contribution is 2.03. The molecule has 0 fully saturated rings. The molecule has 0 aliphatic heterocycles. The predicted molar refractivity (Wildman–Crippen MR) is 69.0 cm³/mol. The molecular formula is C14H19NO3. The Labute approximate surface area is 107 Å². The van der Waals surface area contributed by atoms with Crippen molar-refractivity contribution in [1.82, 2.24) is 5.32 Å². The molecule has 1 unspecified atom stereocenters. The summed E-state index contributed by atoms with van der Waals surface area (Å²) in [6.07, 6.45) is 1.25. The number of hydrogen-bond acceptors (Lipinski definition) is 3. The summed E-state index contributed by atoms with van der Waals surface area (Å²) < 4.78 is 4.59. The quantitative estimate of drug-likeness (QED) is 0.780. The summed E-state index contributed by atoms with van der Waals surface area (Å²) in [5.74, 6) is -0.376. The number of benzene rings is 1. The topological polar surface area (TPSA) is 55.4 Å². The van der Waals surface area contributed by atoms with Crippen LogP contribution in [0.2, 0.25) is 0 Å². The lowest BCUT2D eigenvalue weighted by Crippen LogP contribution is -2.37. The third-order valence-corrected chi connectivity index (χ3v) is 2.71. The lowest BCUT2D eigenvalue weighted by atomic mass is 10.1. The Balaban J connectivity index is 2.45. The van der Waals surface area contributed by atoms with E-state index in [2.05, 4.69) is 10.1 Å². The molecule has 0 heterocycles. The fraction of sp³-hybridized carbons (Fsp3) is 0.429. The molecule has 0 radical (unpaired) electrons. The minimum absolute atomic E-state index is 0.0723. The molecule has 1 amide bonds. The number of rotatable bonds is 6. The van der Waals surface area contributed by atoms with Gasteiger partial charge in [0.05, 0.1) is 20.0 Å². The Morgan fingerprint density at radius 1 is 1.28 bits per heavy atom. The molecule has 1 aromatic rings. The molecule has 1 rings (SSSR count). The normalized spacial score (nSPS) is 11.7. The van der Waals surface area contributed by atoms with Crippen molar-refractivity contribution >= 4 is 11.9 Å². The SMILES string of the molecule is CCC(CC(=O)OC)NC(=O)Cc1ccccc1. The number of esters is 1. The predicted octanol–water partition coefficient (Wildman–Crippen LogP) is 1.69. The number of carbonyl (C=O) groups excluding carboxylic acids is 2. The summed E-state index contributed by atoms with van der Waals surface area (Å²) in [4.78, 5) is 22.9. The van der Waals surface area contributed by atoms with E-state index in [1.807, 2.05) is 37.3 Å². The third-order valence-electron chi connectivity index (χ3n) is 2.71. The number of methoxy groups -OCH3 is 1. The van der Waals surface area contributed by atoms with Crippen LogP contribution in [-0.2, 0) is 20.7 Å². The number of hydrogen-bond donors (Lipinski definition) is 1. The van der Waals surface area contributed by atoms with Crippen molar-refractivity contribution in [3.8, 4) is 0 Å². The summed E-state index contributed by atoms with van der Waals surface area (Å²) in [5.41, 5.74) is 0.961. The Morgan fingerprint density at radius 3 is 2.50 bits per heavy atom. The van der Waals surface area contributed by atoms with Crippen molar-refractivity contribution in [2.75, 3.05) is 7.11 Å². The maximum Gasteiger partial charge on any atom is 0.307 e. The zero-order valence-corrected chi connectivity index (χ0v) is 10.8. The van der Waals surface area contributed by atoms with Gasteiger partial charge in [0.2, 0.25) is 5.91 Å². The molecule has 0 saturated heterocycles. The average Bonchev–Trinajstić information content (AvgIpc) is 2.38. The molecule has 4 nitrogen and oxygen atoms in total. The van der Waals surface area contributed by atoms with Gasteiger partial charge in [-0.2, -0.15) is 0 Å². The molecule has 1 atom stereocenters. The summed E-state index contributed by atoms with van der Waals surface area (Å²) in [5, 5.41) is 2.84. The van der Waals surface area contributed by atoms with Gasteiger partial charge in [-0.15, -0.1) is 0 Å². The Morgan fingerprint density at radius 2 is 1.94 bits per heavy atom. The van der Waals surface area contributed by atoms with Gasteiger partial charge in [-0.3, -0.25) is 9.59 Å². The van der Waals surface area contributed by atoms with Crippen molar-refractivity contribution in [3.05, 3.63) is 35.9 Å². The van der Waals surface area contributed by atoms with E-state index in [4.69, 9.17) is 0 Å². The molecule has 1 aromatic carbocycles. The third kappa shape index (κ3) is 4.99. The van der Waals surface area contributed by atoms with E-state index in [1.54, 1.807) is 0 Å². The van der Waals surface area contributed by atoms with Crippen LogP contribution in [0.5, 0.6) is 0 Å². The summed E-state index contributed by atoms with van der Waals surface area (Å²) >= 11 is 0. The van der Waals surface area contributed by atoms with Crippen molar-refractivity contribution in [2.45, 2.75) is 32.2 Å². The van der Waals surface area contributed by atoms with Crippen LogP contribution in [-0.4, -0.2) is 25.0 Å². The van der Waals surface area contributed by atoms with Crippen LogP contribution in [0.15, 0.2) is 30.3 Å². The minimum atomic E-state index is -0.304. The highest BCUT2D eigenvalue weighted by atomic mass is 16.5. The van der Waals surface area contributed by atoms with E-state index in [0.29, 0.717) is 12.8 Å². The van der Waals surface area contributed by atoms with E-state index in [-0.39, 0.29) is 24.3 Å². The minimum Gasteiger partial charge on any atom is -0.469 e. The molecule has 0 spiro atoms. The van der Waals surface area contributed by atoms with Gasteiger partial charge < -0.3 is 10.1 Å². The molecule has 18 heavy (non-hydrogen) atoms. The highest BCUT2D eigenvalue weighted by Gasteiger charge is 2.14. The molecule has 0 aliphatic carbocycles. The lowest BCUT2D eigenvalue weighted by molar-refractivity contribution is -0.141. The van der Waals surface area contributed by atoms with E-state index < -0.39 is 0 Å². The monoisotopic (exact) mass is 249 g/mol. The second-order valence-electron chi connectivity index (χ2n) is 4.12. The van der Waals surface area contributed by atoms with Crippen molar-refractivity contribution in [2.24, 2.45) is 0 Å². The Kier molecular flexibility index (Phi) is 5.91. The average molecular weight is 249 g/mol.